The predicted octanol–water partition coefficient (Wildman–Crippen LogP) is 1.81. The number of allylic oxidation sites excluding steroid dienone is 2. The predicted molar refractivity (Wildman–Crippen MR) is 70.7 cm³/mol. The monoisotopic (exact) mass is 229 g/mol. The molecule has 0 bridgehead atoms. The third kappa shape index (κ3) is 3.68. The maximum absolute atomic E-state index is 11.1. The van der Waals surface area contributed by atoms with E-state index >= 15 is 0 Å². The summed E-state index contributed by atoms with van der Waals surface area (Å²) in [5, 5.41) is 0. The highest BCUT2D eigenvalue weighted by Crippen LogP contribution is 2.07. The number of hydrogen-bond acceptors (Lipinski definition) is 2. The standard InChI is InChI=1S/C13H15N3O/c1-3-5-12(16-9-15-2)10-6-4-7-11(8-10)13(14)17/h3-9H,1-2H3,(H2,14,17)/b5-3+,15-9-,16-12+. The molecule has 0 spiro atoms. The van der Waals surface area contributed by atoms with E-state index in [4.69, 9.17) is 5.73 Å². The molecule has 0 heterocycles. The topological polar surface area (TPSA) is 67.8 Å². The molecular formula is C13H15N3O. The van der Waals surface area contributed by atoms with Gasteiger partial charge in [-0.2, -0.15) is 0 Å². The summed E-state index contributed by atoms with van der Waals surface area (Å²) in [4.78, 5) is 19.1. The Morgan fingerprint density at radius 3 is 2.65 bits per heavy atom. The molecule has 0 aromatic heterocycles. The van der Waals surface area contributed by atoms with Crippen molar-refractivity contribution in [1.29, 1.82) is 0 Å². The summed E-state index contributed by atoms with van der Waals surface area (Å²) >= 11 is 0. The average molecular weight is 229 g/mol. The van der Waals surface area contributed by atoms with Crippen molar-refractivity contribution >= 4 is 18.0 Å². The van der Waals surface area contributed by atoms with E-state index in [2.05, 4.69) is 9.98 Å². The zero-order valence-corrected chi connectivity index (χ0v) is 9.92. The van der Waals surface area contributed by atoms with Crippen molar-refractivity contribution in [3.05, 3.63) is 47.5 Å². The summed E-state index contributed by atoms with van der Waals surface area (Å²) in [6, 6.07) is 7.03. The maximum Gasteiger partial charge on any atom is 0.248 e. The minimum atomic E-state index is -0.448. The summed E-state index contributed by atoms with van der Waals surface area (Å²) in [5.74, 6) is -0.448. The van der Waals surface area contributed by atoms with Gasteiger partial charge in [-0.3, -0.25) is 9.79 Å². The van der Waals surface area contributed by atoms with Crippen LogP contribution >= 0.6 is 0 Å². The molecule has 0 fully saturated rings. The van der Waals surface area contributed by atoms with Gasteiger partial charge in [-0.25, -0.2) is 4.99 Å². The number of benzene rings is 1. The number of primary amides is 1. The van der Waals surface area contributed by atoms with Gasteiger partial charge in [-0.1, -0.05) is 18.2 Å². The van der Waals surface area contributed by atoms with E-state index in [0.717, 1.165) is 11.3 Å². The van der Waals surface area contributed by atoms with Gasteiger partial charge >= 0.3 is 0 Å². The van der Waals surface area contributed by atoms with Gasteiger partial charge in [0.1, 0.15) is 6.34 Å². The highest BCUT2D eigenvalue weighted by molar-refractivity contribution is 6.12. The Kier molecular flexibility index (Phi) is 4.81. The van der Waals surface area contributed by atoms with E-state index in [1.54, 1.807) is 25.2 Å². The second kappa shape index (κ2) is 6.37. The smallest absolute Gasteiger partial charge is 0.248 e. The lowest BCUT2D eigenvalue weighted by atomic mass is 10.1. The molecule has 4 heteroatoms. The highest BCUT2D eigenvalue weighted by atomic mass is 16.1. The molecule has 0 aliphatic carbocycles. The van der Waals surface area contributed by atoms with Crippen molar-refractivity contribution in [1.82, 2.24) is 0 Å². The van der Waals surface area contributed by atoms with Gasteiger partial charge in [0.25, 0.3) is 0 Å². The van der Waals surface area contributed by atoms with Gasteiger partial charge < -0.3 is 5.73 Å². The second-order valence-corrected chi connectivity index (χ2v) is 3.33. The van der Waals surface area contributed by atoms with E-state index < -0.39 is 5.91 Å². The lowest BCUT2D eigenvalue weighted by molar-refractivity contribution is 0.100. The van der Waals surface area contributed by atoms with E-state index in [0.29, 0.717) is 5.56 Å². The van der Waals surface area contributed by atoms with Crippen LogP contribution < -0.4 is 5.73 Å². The van der Waals surface area contributed by atoms with Crippen LogP contribution in [-0.4, -0.2) is 25.0 Å². The summed E-state index contributed by atoms with van der Waals surface area (Å²) in [5.41, 5.74) is 7.27. The van der Waals surface area contributed by atoms with Crippen LogP contribution in [0.3, 0.4) is 0 Å². The Labute approximate surface area is 101 Å². The van der Waals surface area contributed by atoms with E-state index in [1.807, 2.05) is 25.1 Å². The molecule has 88 valence electrons. The largest absolute Gasteiger partial charge is 0.366 e. The summed E-state index contributed by atoms with van der Waals surface area (Å²) < 4.78 is 0. The summed E-state index contributed by atoms with van der Waals surface area (Å²) in [6.07, 6.45) is 5.19. The number of amides is 1. The lowest BCUT2D eigenvalue weighted by Gasteiger charge is -2.02. The van der Waals surface area contributed by atoms with Gasteiger partial charge in [0.15, 0.2) is 0 Å². The Morgan fingerprint density at radius 1 is 1.35 bits per heavy atom. The normalized spacial score (nSPS) is 12.5. The Bertz CT molecular complexity index is 487. The molecule has 1 aromatic rings. The van der Waals surface area contributed by atoms with Crippen molar-refractivity contribution in [2.45, 2.75) is 6.92 Å². The molecule has 0 saturated heterocycles. The molecule has 0 atom stereocenters. The van der Waals surface area contributed by atoms with E-state index in [9.17, 15) is 4.79 Å². The van der Waals surface area contributed by atoms with Crippen LogP contribution in [0.15, 0.2) is 46.4 Å². The molecule has 1 rings (SSSR count). The van der Waals surface area contributed by atoms with Crippen LogP contribution in [0.25, 0.3) is 0 Å². The van der Waals surface area contributed by atoms with Crippen LogP contribution in [0.2, 0.25) is 0 Å². The van der Waals surface area contributed by atoms with Gasteiger partial charge in [-0.05, 0) is 25.1 Å². The fourth-order valence-electron chi connectivity index (χ4n) is 1.32. The fourth-order valence-corrected chi connectivity index (χ4v) is 1.32. The fraction of sp³-hybridized carbons (Fsp3) is 0.154. The maximum atomic E-state index is 11.1. The molecular weight excluding hydrogens is 214 g/mol. The number of carbonyl (C=O) groups excluding carboxylic acids is 1. The number of hydrogen-bond donors (Lipinski definition) is 1. The first kappa shape index (κ1) is 12.8. The zero-order chi connectivity index (χ0) is 12.7. The molecule has 0 saturated carbocycles. The van der Waals surface area contributed by atoms with E-state index in [1.165, 1.54) is 6.34 Å². The molecule has 2 N–H and O–H groups in total. The lowest BCUT2D eigenvalue weighted by Crippen LogP contribution is -2.11. The second-order valence-electron chi connectivity index (χ2n) is 3.33. The van der Waals surface area contributed by atoms with Crippen LogP contribution in [0, 0.1) is 0 Å². The first-order chi connectivity index (χ1) is 8.19. The van der Waals surface area contributed by atoms with Gasteiger partial charge in [0.2, 0.25) is 5.91 Å². The van der Waals surface area contributed by atoms with Gasteiger partial charge in [0, 0.05) is 18.2 Å². The van der Waals surface area contributed by atoms with Crippen molar-refractivity contribution in [2.24, 2.45) is 15.7 Å². The molecule has 17 heavy (non-hydrogen) atoms. The van der Waals surface area contributed by atoms with Crippen molar-refractivity contribution in [2.75, 3.05) is 7.05 Å². The number of rotatable bonds is 4. The zero-order valence-electron chi connectivity index (χ0n) is 9.92. The summed E-state index contributed by atoms with van der Waals surface area (Å²) in [7, 11) is 1.65. The Hall–Kier alpha value is -2.23. The van der Waals surface area contributed by atoms with Crippen molar-refractivity contribution < 1.29 is 4.79 Å². The third-order valence-electron chi connectivity index (χ3n) is 2.08. The minimum Gasteiger partial charge on any atom is -0.366 e. The molecule has 0 radical (unpaired) electrons. The van der Waals surface area contributed by atoms with Crippen molar-refractivity contribution in [3.8, 4) is 0 Å². The molecule has 0 aliphatic rings. The Morgan fingerprint density at radius 2 is 2.06 bits per heavy atom. The third-order valence-corrected chi connectivity index (χ3v) is 2.08. The average Bonchev–Trinajstić information content (AvgIpc) is 2.34. The van der Waals surface area contributed by atoms with Crippen LogP contribution in [0.4, 0.5) is 0 Å². The van der Waals surface area contributed by atoms with Crippen LogP contribution in [0.5, 0.6) is 0 Å². The number of nitrogens with two attached hydrogens (primary N) is 1. The summed E-state index contributed by atoms with van der Waals surface area (Å²) in [6.45, 7) is 1.90. The molecule has 0 aliphatic heterocycles. The Balaban J connectivity index is 3.19. The molecule has 1 aromatic carbocycles. The van der Waals surface area contributed by atoms with Crippen LogP contribution in [0.1, 0.15) is 22.8 Å². The SMILES string of the molecule is C/C=C/C(=N\C=N/C)c1cccc(C(N)=O)c1. The quantitative estimate of drug-likeness (QED) is 0.621. The van der Waals surface area contributed by atoms with Gasteiger partial charge in [0.05, 0.1) is 5.71 Å². The van der Waals surface area contributed by atoms with E-state index in [-0.39, 0.29) is 0 Å². The molecule has 0 unspecified atom stereocenters. The number of nitrogens with zero attached hydrogens (tertiary/aromatic N) is 2. The minimum absolute atomic E-state index is 0.448. The molecule has 4 nitrogen and oxygen atoms in total. The first-order valence-electron chi connectivity index (χ1n) is 5.20. The van der Waals surface area contributed by atoms with Crippen LogP contribution in [-0.2, 0) is 0 Å². The number of carbonyl (C=O) groups is 1. The first-order valence-corrected chi connectivity index (χ1v) is 5.20. The number of aliphatic imine (C=N–C) groups is 2. The highest BCUT2D eigenvalue weighted by Gasteiger charge is 2.04. The van der Waals surface area contributed by atoms with Gasteiger partial charge in [-0.15, -0.1) is 0 Å². The molecule has 1 amide bonds. The van der Waals surface area contributed by atoms with Crippen molar-refractivity contribution in [3.63, 3.8) is 0 Å².